The smallest absolute Gasteiger partial charge is 0.338 e. The molecule has 1 aromatic heterocycles. The van der Waals surface area contributed by atoms with Gasteiger partial charge in [-0.25, -0.2) is 9.59 Å². The Labute approximate surface area is 161 Å². The minimum absolute atomic E-state index is 0.224. The van der Waals surface area contributed by atoms with Crippen molar-refractivity contribution in [3.05, 3.63) is 61.8 Å². The quantitative estimate of drug-likeness (QED) is 0.521. The van der Waals surface area contributed by atoms with Gasteiger partial charge in [-0.3, -0.25) is 18.7 Å². The third-order valence-corrected chi connectivity index (χ3v) is 4.12. The molecule has 2 N–H and O–H groups in total. The Morgan fingerprint density at radius 1 is 1.21 bits per heavy atom. The van der Waals surface area contributed by atoms with E-state index in [1.807, 2.05) is 6.92 Å². The molecule has 0 aliphatic rings. The van der Waals surface area contributed by atoms with Crippen LogP contribution in [-0.2, 0) is 29.7 Å². The van der Waals surface area contributed by atoms with Gasteiger partial charge in [0.2, 0.25) is 5.78 Å². The molecule has 0 fully saturated rings. The lowest BCUT2D eigenvalue weighted by Crippen LogP contribution is -2.43. The number of nitrogens with two attached hydrogens (primary N) is 1. The van der Waals surface area contributed by atoms with Gasteiger partial charge in [0.25, 0.3) is 5.56 Å². The number of nitrogens with zero attached hydrogens (tertiary/aromatic N) is 2. The highest BCUT2D eigenvalue weighted by molar-refractivity contribution is 6.02. The van der Waals surface area contributed by atoms with Crippen molar-refractivity contribution in [3.63, 3.8) is 0 Å². The van der Waals surface area contributed by atoms with E-state index in [-0.39, 0.29) is 23.5 Å². The van der Waals surface area contributed by atoms with Gasteiger partial charge in [-0.1, -0.05) is 19.1 Å². The van der Waals surface area contributed by atoms with Gasteiger partial charge in [-0.05, 0) is 24.1 Å². The molecule has 2 rings (SSSR count). The molecule has 1 heterocycles. The number of methoxy groups -OCH3 is 1. The van der Waals surface area contributed by atoms with Crippen LogP contribution in [0.25, 0.3) is 0 Å². The fourth-order valence-corrected chi connectivity index (χ4v) is 2.73. The SMILES string of the molecule is CCCn1c(N)c(C(=O)COC(=O)c2cccc(COC)c2)c(=O)n(C)c1=O. The number of nitrogen functional groups attached to an aromatic ring is 1. The van der Waals surface area contributed by atoms with Gasteiger partial charge in [0, 0.05) is 20.7 Å². The third kappa shape index (κ3) is 4.37. The van der Waals surface area contributed by atoms with Gasteiger partial charge in [0.1, 0.15) is 11.4 Å². The minimum atomic E-state index is -0.821. The minimum Gasteiger partial charge on any atom is -0.454 e. The number of anilines is 1. The van der Waals surface area contributed by atoms with Gasteiger partial charge in [-0.2, -0.15) is 0 Å². The number of ketones is 1. The average Bonchev–Trinajstić information content (AvgIpc) is 2.68. The van der Waals surface area contributed by atoms with Crippen LogP contribution in [0.2, 0.25) is 0 Å². The fourth-order valence-electron chi connectivity index (χ4n) is 2.73. The van der Waals surface area contributed by atoms with Gasteiger partial charge < -0.3 is 15.2 Å². The van der Waals surface area contributed by atoms with E-state index in [1.54, 1.807) is 24.3 Å². The Balaban J connectivity index is 2.24. The summed E-state index contributed by atoms with van der Waals surface area (Å²) in [4.78, 5) is 49.2. The number of esters is 1. The molecule has 2 aromatic rings. The zero-order valence-corrected chi connectivity index (χ0v) is 16.1. The van der Waals surface area contributed by atoms with Crippen LogP contribution < -0.4 is 17.0 Å². The van der Waals surface area contributed by atoms with Crippen molar-refractivity contribution in [2.45, 2.75) is 26.5 Å². The molecule has 0 spiro atoms. The number of hydrogen-bond donors (Lipinski definition) is 1. The Morgan fingerprint density at radius 2 is 1.93 bits per heavy atom. The maximum Gasteiger partial charge on any atom is 0.338 e. The molecule has 0 amide bonds. The topological polar surface area (TPSA) is 123 Å². The molecule has 0 aliphatic heterocycles. The predicted octanol–water partition coefficient (Wildman–Crippen LogP) is 0.725. The van der Waals surface area contributed by atoms with Gasteiger partial charge in [0.15, 0.2) is 6.61 Å². The lowest BCUT2D eigenvalue weighted by molar-refractivity contribution is 0.0474. The van der Waals surface area contributed by atoms with Crippen LogP contribution in [0.3, 0.4) is 0 Å². The summed E-state index contributed by atoms with van der Waals surface area (Å²) < 4.78 is 12.0. The summed E-state index contributed by atoms with van der Waals surface area (Å²) in [6.45, 7) is 1.74. The molecule has 0 saturated carbocycles. The van der Waals surface area contributed by atoms with Gasteiger partial charge in [-0.15, -0.1) is 0 Å². The van der Waals surface area contributed by atoms with Crippen LogP contribution in [-0.4, -0.2) is 34.6 Å². The first kappa shape index (κ1) is 21.1. The second kappa shape index (κ2) is 9.14. The molecule has 0 radical (unpaired) electrons. The van der Waals surface area contributed by atoms with E-state index in [1.165, 1.54) is 14.2 Å². The number of ether oxygens (including phenoxy) is 2. The van der Waals surface area contributed by atoms with Crippen molar-refractivity contribution >= 4 is 17.6 Å². The normalized spacial score (nSPS) is 10.7. The van der Waals surface area contributed by atoms with Crippen LogP contribution in [0.1, 0.15) is 39.6 Å². The highest BCUT2D eigenvalue weighted by atomic mass is 16.5. The summed E-state index contributed by atoms with van der Waals surface area (Å²) in [5.74, 6) is -1.72. The second-order valence-electron chi connectivity index (χ2n) is 6.19. The molecule has 9 heteroatoms. The molecule has 28 heavy (non-hydrogen) atoms. The number of benzene rings is 1. The first-order valence-corrected chi connectivity index (χ1v) is 8.69. The third-order valence-electron chi connectivity index (χ3n) is 4.12. The largest absolute Gasteiger partial charge is 0.454 e. The van der Waals surface area contributed by atoms with Crippen LogP contribution in [0.4, 0.5) is 5.82 Å². The molecular weight excluding hydrogens is 366 g/mol. The molecule has 150 valence electrons. The molecule has 0 aliphatic carbocycles. The Morgan fingerprint density at radius 3 is 2.57 bits per heavy atom. The summed E-state index contributed by atoms with van der Waals surface area (Å²) in [6, 6.07) is 6.58. The van der Waals surface area contributed by atoms with E-state index in [0.29, 0.717) is 13.0 Å². The molecule has 1 aromatic carbocycles. The van der Waals surface area contributed by atoms with Crippen molar-refractivity contribution in [1.29, 1.82) is 0 Å². The maximum absolute atomic E-state index is 12.5. The van der Waals surface area contributed by atoms with Crippen LogP contribution >= 0.6 is 0 Å². The number of Topliss-reactive ketones (excluding diaryl/α,β-unsaturated/α-hetero) is 1. The van der Waals surface area contributed by atoms with Crippen molar-refractivity contribution in [2.75, 3.05) is 19.5 Å². The van der Waals surface area contributed by atoms with Crippen LogP contribution in [0.5, 0.6) is 0 Å². The molecule has 0 atom stereocenters. The maximum atomic E-state index is 12.5. The van der Waals surface area contributed by atoms with E-state index in [4.69, 9.17) is 15.2 Å². The number of carbonyl (C=O) groups is 2. The number of carbonyl (C=O) groups excluding carboxylic acids is 2. The Kier molecular flexibility index (Phi) is 6.89. The summed E-state index contributed by atoms with van der Waals surface area (Å²) in [6.07, 6.45) is 0.586. The Hall–Kier alpha value is -3.20. The first-order chi connectivity index (χ1) is 13.3. The second-order valence-corrected chi connectivity index (χ2v) is 6.19. The van der Waals surface area contributed by atoms with E-state index in [9.17, 15) is 19.2 Å². The van der Waals surface area contributed by atoms with Gasteiger partial charge >= 0.3 is 11.7 Å². The molecule has 0 bridgehead atoms. The number of aromatic nitrogens is 2. The standard InChI is InChI=1S/C19H23N3O6/c1-4-8-22-16(20)15(17(24)21(2)19(22)26)14(23)11-28-18(25)13-7-5-6-12(9-13)10-27-3/h5-7,9H,4,8,10-11,20H2,1-3H3. The van der Waals surface area contributed by atoms with E-state index in [0.717, 1.165) is 14.7 Å². The summed E-state index contributed by atoms with van der Waals surface area (Å²) in [7, 11) is 2.80. The summed E-state index contributed by atoms with van der Waals surface area (Å²) >= 11 is 0. The predicted molar refractivity (Wildman–Crippen MR) is 102 cm³/mol. The van der Waals surface area contributed by atoms with Crippen molar-refractivity contribution in [2.24, 2.45) is 7.05 Å². The first-order valence-electron chi connectivity index (χ1n) is 8.69. The highest BCUT2D eigenvalue weighted by Gasteiger charge is 2.22. The van der Waals surface area contributed by atoms with Crippen LogP contribution in [0, 0.1) is 0 Å². The number of rotatable bonds is 8. The van der Waals surface area contributed by atoms with E-state index < -0.39 is 29.6 Å². The molecule has 0 saturated heterocycles. The molecular formula is C19H23N3O6. The van der Waals surface area contributed by atoms with Crippen molar-refractivity contribution in [3.8, 4) is 0 Å². The van der Waals surface area contributed by atoms with Crippen LogP contribution in [0.15, 0.2) is 33.9 Å². The molecule has 0 unspecified atom stereocenters. The Bertz CT molecular complexity index is 1010. The van der Waals surface area contributed by atoms with E-state index in [2.05, 4.69) is 0 Å². The van der Waals surface area contributed by atoms with Crippen molar-refractivity contribution in [1.82, 2.24) is 9.13 Å². The summed E-state index contributed by atoms with van der Waals surface area (Å²) in [5.41, 5.74) is 5.12. The molecule has 9 nitrogen and oxygen atoms in total. The zero-order chi connectivity index (χ0) is 20.8. The van der Waals surface area contributed by atoms with Gasteiger partial charge in [0.05, 0.1) is 12.2 Å². The van der Waals surface area contributed by atoms with Crippen molar-refractivity contribution < 1.29 is 19.1 Å². The highest BCUT2D eigenvalue weighted by Crippen LogP contribution is 2.10. The average molecular weight is 389 g/mol. The fraction of sp³-hybridized carbons (Fsp3) is 0.368. The summed E-state index contributed by atoms with van der Waals surface area (Å²) in [5, 5.41) is 0. The monoisotopic (exact) mass is 389 g/mol. The van der Waals surface area contributed by atoms with E-state index >= 15 is 0 Å². The lowest BCUT2D eigenvalue weighted by Gasteiger charge is -2.14. The zero-order valence-electron chi connectivity index (χ0n) is 16.1. The lowest BCUT2D eigenvalue weighted by atomic mass is 10.1. The number of hydrogen-bond acceptors (Lipinski definition) is 7.